The molecule has 2 amide bonds. The second kappa shape index (κ2) is 8.08. The topological polar surface area (TPSA) is 53.1 Å². The van der Waals surface area contributed by atoms with Gasteiger partial charge in [0.05, 0.1) is 19.3 Å². The van der Waals surface area contributed by atoms with Crippen molar-refractivity contribution in [3.8, 4) is 0 Å². The Morgan fingerprint density at radius 1 is 1.00 bits per heavy atom. The first-order chi connectivity index (χ1) is 13.1. The minimum Gasteiger partial charge on any atom is -0.378 e. The summed E-state index contributed by atoms with van der Waals surface area (Å²) in [4.78, 5) is 31.9. The zero-order valence-corrected chi connectivity index (χ0v) is 16.8. The molecule has 4 fully saturated rings. The van der Waals surface area contributed by atoms with Gasteiger partial charge >= 0.3 is 0 Å². The Kier molecular flexibility index (Phi) is 5.74. The molecule has 6 nitrogen and oxygen atoms in total. The van der Waals surface area contributed by atoms with E-state index in [9.17, 15) is 9.59 Å². The summed E-state index contributed by atoms with van der Waals surface area (Å²) in [6.45, 7) is 5.49. The summed E-state index contributed by atoms with van der Waals surface area (Å²) >= 11 is 0. The third-order valence-electron chi connectivity index (χ3n) is 7.47. The number of likely N-dealkylation sites (N-methyl/N-ethyl adjacent to an activating group) is 1. The average Bonchev–Trinajstić information content (AvgIpc) is 3.30. The van der Waals surface area contributed by atoms with Gasteiger partial charge in [0, 0.05) is 39.1 Å². The number of amides is 2. The summed E-state index contributed by atoms with van der Waals surface area (Å²) in [5.41, 5.74) is 0.214. The highest BCUT2D eigenvalue weighted by Crippen LogP contribution is 2.43. The molecule has 3 aliphatic heterocycles. The molecule has 4 aliphatic rings. The molecule has 1 saturated carbocycles. The van der Waals surface area contributed by atoms with E-state index in [2.05, 4.69) is 16.8 Å². The first-order valence-electron chi connectivity index (χ1n) is 10.9. The molecule has 0 aromatic carbocycles. The van der Waals surface area contributed by atoms with Crippen molar-refractivity contribution >= 4 is 11.8 Å². The molecule has 3 heterocycles. The highest BCUT2D eigenvalue weighted by atomic mass is 16.5. The van der Waals surface area contributed by atoms with Crippen LogP contribution in [0.3, 0.4) is 0 Å². The molecule has 0 N–H and O–H groups in total. The van der Waals surface area contributed by atoms with Crippen LogP contribution in [0.2, 0.25) is 0 Å². The number of likely N-dealkylation sites (tertiary alicyclic amines) is 2. The summed E-state index contributed by atoms with van der Waals surface area (Å²) < 4.78 is 5.39. The SMILES string of the molecule is CN1CC2(CCN(C(=O)CC3CCCC3)CC2)CC1C(=O)N1CCOCC1. The maximum absolute atomic E-state index is 13.0. The number of piperidine rings is 1. The number of nitrogens with zero attached hydrogens (tertiary/aromatic N) is 3. The van der Waals surface area contributed by atoms with Gasteiger partial charge in [-0.2, -0.15) is 0 Å². The Morgan fingerprint density at radius 3 is 2.33 bits per heavy atom. The van der Waals surface area contributed by atoms with Crippen molar-refractivity contribution < 1.29 is 14.3 Å². The lowest BCUT2D eigenvalue weighted by Gasteiger charge is -2.39. The lowest BCUT2D eigenvalue weighted by molar-refractivity contribution is -0.140. The highest BCUT2D eigenvalue weighted by molar-refractivity contribution is 5.82. The largest absolute Gasteiger partial charge is 0.378 e. The Morgan fingerprint density at radius 2 is 1.67 bits per heavy atom. The molecule has 1 atom stereocenters. The average molecular weight is 378 g/mol. The molecule has 3 saturated heterocycles. The van der Waals surface area contributed by atoms with Gasteiger partial charge < -0.3 is 14.5 Å². The Hall–Kier alpha value is -1.14. The third-order valence-corrected chi connectivity index (χ3v) is 7.47. The maximum Gasteiger partial charge on any atom is 0.240 e. The van der Waals surface area contributed by atoms with Crippen molar-refractivity contribution in [2.75, 3.05) is 53.0 Å². The minimum atomic E-state index is 0.00356. The van der Waals surface area contributed by atoms with E-state index in [4.69, 9.17) is 4.74 Å². The van der Waals surface area contributed by atoms with E-state index in [1.807, 2.05) is 4.90 Å². The number of carbonyl (C=O) groups excluding carboxylic acids is 2. The third kappa shape index (κ3) is 4.16. The fraction of sp³-hybridized carbons (Fsp3) is 0.905. The van der Waals surface area contributed by atoms with Gasteiger partial charge in [-0.15, -0.1) is 0 Å². The fourth-order valence-electron chi connectivity index (χ4n) is 5.72. The van der Waals surface area contributed by atoms with E-state index < -0.39 is 0 Å². The van der Waals surface area contributed by atoms with Gasteiger partial charge in [0.15, 0.2) is 0 Å². The van der Waals surface area contributed by atoms with Gasteiger partial charge in [0.1, 0.15) is 0 Å². The lowest BCUT2D eigenvalue weighted by atomic mass is 9.76. The van der Waals surface area contributed by atoms with Gasteiger partial charge in [0.25, 0.3) is 0 Å². The van der Waals surface area contributed by atoms with E-state index in [1.165, 1.54) is 25.7 Å². The van der Waals surface area contributed by atoms with E-state index >= 15 is 0 Å². The Labute approximate surface area is 163 Å². The van der Waals surface area contributed by atoms with Gasteiger partial charge in [-0.05, 0) is 50.5 Å². The van der Waals surface area contributed by atoms with Crippen LogP contribution in [0.1, 0.15) is 51.4 Å². The van der Waals surface area contributed by atoms with Gasteiger partial charge in [-0.3, -0.25) is 14.5 Å². The van der Waals surface area contributed by atoms with Crippen LogP contribution in [0.4, 0.5) is 0 Å². The molecule has 27 heavy (non-hydrogen) atoms. The summed E-state index contributed by atoms with van der Waals surface area (Å²) in [5, 5.41) is 0. The second-order valence-corrected chi connectivity index (χ2v) is 9.31. The van der Waals surface area contributed by atoms with Crippen LogP contribution >= 0.6 is 0 Å². The van der Waals surface area contributed by atoms with Crippen LogP contribution in [0.15, 0.2) is 0 Å². The smallest absolute Gasteiger partial charge is 0.240 e. The number of ether oxygens (including phenoxy) is 1. The molecule has 1 aliphatic carbocycles. The maximum atomic E-state index is 13.0. The number of morpholine rings is 1. The fourth-order valence-corrected chi connectivity index (χ4v) is 5.72. The van der Waals surface area contributed by atoms with Crippen LogP contribution in [0.5, 0.6) is 0 Å². The van der Waals surface area contributed by atoms with Crippen LogP contribution in [0, 0.1) is 11.3 Å². The van der Waals surface area contributed by atoms with Gasteiger partial charge in [-0.1, -0.05) is 12.8 Å². The number of rotatable bonds is 3. The summed E-state index contributed by atoms with van der Waals surface area (Å²) in [6, 6.07) is 0.00356. The van der Waals surface area contributed by atoms with Crippen molar-refractivity contribution in [2.45, 2.75) is 57.4 Å². The Balaban J connectivity index is 1.30. The quantitative estimate of drug-likeness (QED) is 0.752. The van der Waals surface area contributed by atoms with E-state index in [-0.39, 0.29) is 17.4 Å². The predicted octanol–water partition coefficient (Wildman–Crippen LogP) is 1.74. The summed E-state index contributed by atoms with van der Waals surface area (Å²) in [6.07, 6.45) is 8.86. The zero-order chi connectivity index (χ0) is 18.9. The molecular formula is C21H35N3O3. The van der Waals surface area contributed by atoms with Crippen molar-refractivity contribution in [3.63, 3.8) is 0 Å². The first kappa shape index (κ1) is 19.2. The predicted molar refractivity (Wildman–Crippen MR) is 103 cm³/mol. The molecule has 1 spiro atoms. The molecular weight excluding hydrogens is 342 g/mol. The first-order valence-corrected chi connectivity index (χ1v) is 10.9. The number of carbonyl (C=O) groups is 2. The lowest BCUT2D eigenvalue weighted by Crippen LogP contribution is -2.48. The van der Waals surface area contributed by atoms with E-state index in [1.54, 1.807) is 0 Å². The number of hydrogen-bond acceptors (Lipinski definition) is 4. The minimum absolute atomic E-state index is 0.00356. The van der Waals surface area contributed by atoms with Crippen LogP contribution in [0.25, 0.3) is 0 Å². The molecule has 0 radical (unpaired) electrons. The standard InChI is InChI=1S/C21H35N3O3/c1-22-16-21(15-18(22)20(26)24-10-12-27-13-11-24)6-8-23(9-7-21)19(25)14-17-4-2-3-5-17/h17-18H,2-16H2,1H3. The Bertz CT molecular complexity index is 547. The summed E-state index contributed by atoms with van der Waals surface area (Å²) in [5.74, 6) is 1.27. The second-order valence-electron chi connectivity index (χ2n) is 9.31. The summed E-state index contributed by atoms with van der Waals surface area (Å²) in [7, 11) is 2.09. The molecule has 4 rings (SSSR count). The van der Waals surface area contributed by atoms with Crippen molar-refractivity contribution in [1.82, 2.24) is 14.7 Å². The van der Waals surface area contributed by atoms with E-state index in [0.29, 0.717) is 25.0 Å². The molecule has 0 aromatic heterocycles. The molecule has 0 bridgehead atoms. The van der Waals surface area contributed by atoms with Crippen molar-refractivity contribution in [2.24, 2.45) is 11.3 Å². The van der Waals surface area contributed by atoms with Crippen molar-refractivity contribution in [1.29, 1.82) is 0 Å². The van der Waals surface area contributed by atoms with E-state index in [0.717, 1.165) is 58.4 Å². The normalized spacial score (nSPS) is 29.6. The monoisotopic (exact) mass is 377 g/mol. The van der Waals surface area contributed by atoms with Crippen LogP contribution in [-0.2, 0) is 14.3 Å². The van der Waals surface area contributed by atoms with Crippen molar-refractivity contribution in [3.05, 3.63) is 0 Å². The molecule has 1 unspecified atom stereocenters. The van der Waals surface area contributed by atoms with Gasteiger partial charge in [0.2, 0.25) is 11.8 Å². The molecule has 152 valence electrons. The van der Waals surface area contributed by atoms with Crippen LogP contribution in [-0.4, -0.2) is 85.5 Å². The van der Waals surface area contributed by atoms with Crippen LogP contribution < -0.4 is 0 Å². The highest BCUT2D eigenvalue weighted by Gasteiger charge is 2.48. The number of hydrogen-bond donors (Lipinski definition) is 0. The van der Waals surface area contributed by atoms with Gasteiger partial charge in [-0.25, -0.2) is 0 Å². The molecule has 6 heteroatoms. The zero-order valence-electron chi connectivity index (χ0n) is 16.8. The molecule has 0 aromatic rings.